The van der Waals surface area contributed by atoms with Gasteiger partial charge in [-0.15, -0.1) is 0 Å². The molecule has 0 atom stereocenters. The van der Waals surface area contributed by atoms with Gasteiger partial charge in [-0.3, -0.25) is 4.79 Å². The first-order chi connectivity index (χ1) is 9.43. The summed E-state index contributed by atoms with van der Waals surface area (Å²) in [6, 6.07) is 6.98. The molecule has 2 rings (SSSR count). The van der Waals surface area contributed by atoms with E-state index in [1.165, 1.54) is 0 Å². The Morgan fingerprint density at radius 1 is 1.50 bits per heavy atom. The zero-order valence-electron chi connectivity index (χ0n) is 11.0. The van der Waals surface area contributed by atoms with Crippen LogP contribution >= 0.6 is 11.6 Å². The number of aromatic nitrogens is 2. The maximum atomic E-state index is 10.9. The molecule has 0 aliphatic carbocycles. The number of carboxylic acid groups (broad SMARTS) is 1. The van der Waals surface area contributed by atoms with Crippen molar-refractivity contribution in [2.24, 2.45) is 0 Å². The fraction of sp³-hybridized carbons (Fsp3) is 0.214. The summed E-state index contributed by atoms with van der Waals surface area (Å²) >= 11 is 6.00. The quantitative estimate of drug-likeness (QED) is 0.942. The van der Waals surface area contributed by atoms with E-state index in [0.29, 0.717) is 27.5 Å². The van der Waals surface area contributed by atoms with E-state index in [9.17, 15) is 4.79 Å². The number of aliphatic carboxylic acids is 1. The van der Waals surface area contributed by atoms with Crippen LogP contribution in [0.15, 0.2) is 18.2 Å². The number of hydrogen-bond donors (Lipinski definition) is 1. The third-order valence-electron chi connectivity index (χ3n) is 3.09. The van der Waals surface area contributed by atoms with E-state index in [1.54, 1.807) is 29.8 Å². The number of carboxylic acids is 1. The number of rotatable bonds is 3. The lowest BCUT2D eigenvalue weighted by Gasteiger charge is -2.06. The minimum Gasteiger partial charge on any atom is -0.481 e. The Hall–Kier alpha value is -2.32. The number of nitrogens with zero attached hydrogens (tertiary/aromatic N) is 3. The molecular formula is C14H12ClN3O2. The molecule has 0 saturated carbocycles. The number of benzene rings is 1. The lowest BCUT2D eigenvalue weighted by atomic mass is 10.1. The molecule has 1 aromatic carbocycles. The molecule has 1 N–H and O–H groups in total. The first-order valence-electron chi connectivity index (χ1n) is 5.91. The average molecular weight is 290 g/mol. The van der Waals surface area contributed by atoms with E-state index in [-0.39, 0.29) is 6.42 Å². The van der Waals surface area contributed by atoms with Gasteiger partial charge in [0, 0.05) is 11.3 Å². The normalized spacial score (nSPS) is 10.3. The van der Waals surface area contributed by atoms with E-state index in [4.69, 9.17) is 22.0 Å². The Kier molecular flexibility index (Phi) is 3.77. The minimum absolute atomic E-state index is 0.0678. The topological polar surface area (TPSA) is 78.9 Å². The Morgan fingerprint density at radius 3 is 2.75 bits per heavy atom. The minimum atomic E-state index is -0.895. The van der Waals surface area contributed by atoms with Crippen LogP contribution in [0.2, 0.25) is 5.02 Å². The molecular weight excluding hydrogens is 278 g/mol. The largest absolute Gasteiger partial charge is 0.481 e. The van der Waals surface area contributed by atoms with Crippen LogP contribution in [-0.4, -0.2) is 20.9 Å². The van der Waals surface area contributed by atoms with Gasteiger partial charge in [-0.1, -0.05) is 11.6 Å². The van der Waals surface area contributed by atoms with Crippen LogP contribution in [0.4, 0.5) is 0 Å². The van der Waals surface area contributed by atoms with Crippen LogP contribution in [0, 0.1) is 25.2 Å². The molecule has 0 aliphatic rings. The highest BCUT2D eigenvalue weighted by Gasteiger charge is 2.15. The van der Waals surface area contributed by atoms with Gasteiger partial charge in [-0.05, 0) is 32.0 Å². The second-order valence-corrected chi connectivity index (χ2v) is 4.81. The van der Waals surface area contributed by atoms with E-state index in [1.807, 2.05) is 13.0 Å². The Balaban J connectivity index is 2.51. The van der Waals surface area contributed by atoms with Crippen LogP contribution in [0.1, 0.15) is 22.5 Å². The first-order valence-corrected chi connectivity index (χ1v) is 6.28. The van der Waals surface area contributed by atoms with Crippen molar-refractivity contribution in [2.75, 3.05) is 0 Å². The van der Waals surface area contributed by atoms with Crippen LogP contribution in [0.3, 0.4) is 0 Å². The van der Waals surface area contributed by atoms with Crippen molar-refractivity contribution < 1.29 is 9.90 Å². The van der Waals surface area contributed by atoms with E-state index in [0.717, 1.165) is 5.69 Å². The number of carbonyl (C=O) groups is 1. The molecule has 1 aromatic heterocycles. The highest BCUT2D eigenvalue weighted by atomic mass is 35.5. The summed E-state index contributed by atoms with van der Waals surface area (Å²) in [5.74, 6) is -0.895. The molecule has 102 valence electrons. The summed E-state index contributed by atoms with van der Waals surface area (Å²) in [6.45, 7) is 3.58. The van der Waals surface area contributed by atoms with Crippen molar-refractivity contribution in [1.82, 2.24) is 9.78 Å². The Morgan fingerprint density at radius 2 is 2.20 bits per heavy atom. The van der Waals surface area contributed by atoms with E-state index < -0.39 is 5.97 Å². The standard InChI is InChI=1S/C14H12ClN3O2/c1-8-12(6-14(19)20)9(2)18(17-8)11-4-3-10(7-16)13(15)5-11/h3-5H,6H2,1-2H3,(H,19,20). The summed E-state index contributed by atoms with van der Waals surface area (Å²) < 4.78 is 1.64. The number of aryl methyl sites for hydroxylation is 1. The highest BCUT2D eigenvalue weighted by molar-refractivity contribution is 6.31. The zero-order chi connectivity index (χ0) is 14.9. The van der Waals surface area contributed by atoms with Crippen molar-refractivity contribution >= 4 is 17.6 Å². The molecule has 6 heteroatoms. The maximum absolute atomic E-state index is 10.9. The van der Waals surface area contributed by atoms with Gasteiger partial charge >= 0.3 is 5.97 Å². The summed E-state index contributed by atoms with van der Waals surface area (Å²) in [5, 5.41) is 22.5. The second-order valence-electron chi connectivity index (χ2n) is 4.41. The van der Waals surface area contributed by atoms with Gasteiger partial charge < -0.3 is 5.11 Å². The predicted octanol–water partition coefficient (Wildman–Crippen LogP) is 2.64. The van der Waals surface area contributed by atoms with Crippen molar-refractivity contribution in [2.45, 2.75) is 20.3 Å². The molecule has 0 spiro atoms. The van der Waals surface area contributed by atoms with E-state index in [2.05, 4.69) is 5.10 Å². The van der Waals surface area contributed by atoms with Gasteiger partial charge in [0.1, 0.15) is 6.07 Å². The molecule has 0 aliphatic heterocycles. The van der Waals surface area contributed by atoms with Gasteiger partial charge in [0.15, 0.2) is 0 Å². The van der Waals surface area contributed by atoms with Crippen molar-refractivity contribution in [1.29, 1.82) is 5.26 Å². The summed E-state index contributed by atoms with van der Waals surface area (Å²) in [5.41, 5.74) is 3.21. The zero-order valence-corrected chi connectivity index (χ0v) is 11.8. The molecule has 1 heterocycles. The molecule has 20 heavy (non-hydrogen) atoms. The van der Waals surface area contributed by atoms with Gasteiger partial charge in [-0.2, -0.15) is 10.4 Å². The summed E-state index contributed by atoms with van der Waals surface area (Å²) in [6.07, 6.45) is -0.0678. The third-order valence-corrected chi connectivity index (χ3v) is 3.40. The SMILES string of the molecule is Cc1nn(-c2ccc(C#N)c(Cl)c2)c(C)c1CC(=O)O. The van der Waals surface area contributed by atoms with Gasteiger partial charge in [0.25, 0.3) is 0 Å². The van der Waals surface area contributed by atoms with Crippen LogP contribution in [0.5, 0.6) is 0 Å². The second kappa shape index (κ2) is 5.35. The Labute approximate surface area is 121 Å². The molecule has 0 radical (unpaired) electrons. The number of hydrogen-bond acceptors (Lipinski definition) is 3. The summed E-state index contributed by atoms with van der Waals surface area (Å²) in [4.78, 5) is 10.9. The smallest absolute Gasteiger partial charge is 0.307 e. The van der Waals surface area contributed by atoms with Gasteiger partial charge in [0.2, 0.25) is 0 Å². The molecule has 0 amide bonds. The maximum Gasteiger partial charge on any atom is 0.307 e. The first kappa shape index (κ1) is 14.1. The number of nitriles is 1. The van der Waals surface area contributed by atoms with Crippen molar-refractivity contribution in [3.8, 4) is 11.8 Å². The fourth-order valence-corrected chi connectivity index (χ4v) is 2.28. The monoisotopic (exact) mass is 289 g/mol. The molecule has 0 fully saturated rings. The Bertz CT molecular complexity index is 729. The molecule has 0 bridgehead atoms. The molecule has 0 unspecified atom stereocenters. The molecule has 2 aromatic rings. The highest BCUT2D eigenvalue weighted by Crippen LogP contribution is 2.23. The summed E-state index contributed by atoms with van der Waals surface area (Å²) in [7, 11) is 0. The lowest BCUT2D eigenvalue weighted by Crippen LogP contribution is -2.03. The predicted molar refractivity (Wildman–Crippen MR) is 74.1 cm³/mol. The fourth-order valence-electron chi connectivity index (χ4n) is 2.06. The molecule has 0 saturated heterocycles. The molecule has 5 nitrogen and oxygen atoms in total. The lowest BCUT2D eigenvalue weighted by molar-refractivity contribution is -0.136. The van der Waals surface area contributed by atoms with Crippen molar-refractivity contribution in [3.63, 3.8) is 0 Å². The van der Waals surface area contributed by atoms with E-state index >= 15 is 0 Å². The van der Waals surface area contributed by atoms with Crippen LogP contribution < -0.4 is 0 Å². The van der Waals surface area contributed by atoms with Gasteiger partial charge in [-0.25, -0.2) is 4.68 Å². The van der Waals surface area contributed by atoms with Gasteiger partial charge in [0.05, 0.1) is 28.4 Å². The number of halogens is 1. The average Bonchev–Trinajstić information content (AvgIpc) is 2.66. The third kappa shape index (κ3) is 2.51. The van der Waals surface area contributed by atoms with Crippen molar-refractivity contribution in [3.05, 3.63) is 45.7 Å². The van der Waals surface area contributed by atoms with Crippen LogP contribution in [-0.2, 0) is 11.2 Å². The van der Waals surface area contributed by atoms with Crippen LogP contribution in [0.25, 0.3) is 5.69 Å².